The third-order valence-corrected chi connectivity index (χ3v) is 13.7. The summed E-state index contributed by atoms with van der Waals surface area (Å²) in [6.07, 6.45) is 0. The van der Waals surface area contributed by atoms with Gasteiger partial charge in [-0.25, -0.2) is 13.4 Å². The molecular weight excluding hydrogens is 849 g/mol. The van der Waals surface area contributed by atoms with E-state index in [2.05, 4.69) is 10.3 Å². The number of nitrogens with one attached hydrogen (secondary N) is 1. The zero-order chi connectivity index (χ0) is 41.5. The lowest BCUT2D eigenvalue weighted by atomic mass is 9.96. The number of rotatable bonds is 10. The van der Waals surface area contributed by atoms with Gasteiger partial charge in [-0.1, -0.05) is 36.4 Å². The Kier molecular flexibility index (Phi) is 9.73. The van der Waals surface area contributed by atoms with E-state index in [-0.39, 0.29) is 22.9 Å². The standard InChI is InChI=1S/C31H22N2O18S5/c34-8-9-52(38,39)21-11-18(20(54(43,44)45)13-22(21)55(46,47)48)32-19-12-23(56(49,50)51)28-26-24(16-6-1-2-7-17(16)30(36)25(19)26)27(31(37)33-28)29(35)14-4-3-5-15(10-14)53(40,41)42/h1-7,10-13,32,34-35H,8-9H2,(H,40,41,42)(H,43,44,45)(H,46,47,48)(H,49,50,51). The molecule has 0 spiro atoms. The van der Waals surface area contributed by atoms with Crippen molar-refractivity contribution in [2.24, 2.45) is 0 Å². The van der Waals surface area contributed by atoms with Gasteiger partial charge in [-0.15, -0.1) is 0 Å². The fourth-order valence-electron chi connectivity index (χ4n) is 6.07. The molecule has 2 aliphatic rings. The molecule has 1 aliphatic carbocycles. The first-order valence-corrected chi connectivity index (χ1v) is 22.4. The highest BCUT2D eigenvalue weighted by Crippen LogP contribution is 2.37. The number of sulfone groups is 1. The first-order chi connectivity index (χ1) is 25.8. The van der Waals surface area contributed by atoms with E-state index in [9.17, 15) is 80.1 Å². The van der Waals surface area contributed by atoms with Gasteiger partial charge in [0.2, 0.25) is 0 Å². The van der Waals surface area contributed by atoms with Gasteiger partial charge < -0.3 is 15.5 Å². The highest BCUT2D eigenvalue weighted by Gasteiger charge is 2.32. The molecule has 0 atom stereocenters. The first-order valence-electron chi connectivity index (χ1n) is 15.0. The molecule has 0 aromatic heterocycles. The Morgan fingerprint density at radius 3 is 1.79 bits per heavy atom. The van der Waals surface area contributed by atoms with E-state index in [1.54, 1.807) is 0 Å². The molecule has 4 aromatic carbocycles. The maximum Gasteiger partial charge on any atom is 0.296 e. The third-order valence-electron chi connectivity index (χ3n) is 8.35. The molecule has 0 radical (unpaired) electrons. The summed E-state index contributed by atoms with van der Waals surface area (Å²) in [5.41, 5.74) is -5.62. The van der Waals surface area contributed by atoms with Crippen molar-refractivity contribution in [3.63, 3.8) is 0 Å². The van der Waals surface area contributed by atoms with Crippen molar-refractivity contribution in [2.75, 3.05) is 17.7 Å². The number of aliphatic hydroxyl groups is 2. The van der Waals surface area contributed by atoms with E-state index in [0.29, 0.717) is 6.07 Å². The van der Waals surface area contributed by atoms with Gasteiger partial charge in [0.15, 0.2) is 15.3 Å². The molecule has 1 heterocycles. The zero-order valence-corrected chi connectivity index (χ0v) is 31.4. The number of aromatic nitrogens is 1. The normalized spacial score (nSPS) is 13.7. The van der Waals surface area contributed by atoms with Gasteiger partial charge in [-0.05, 0) is 35.7 Å². The minimum absolute atomic E-state index is 0.0210. The predicted octanol–water partition coefficient (Wildman–Crippen LogP) is 0.201. The predicted molar refractivity (Wildman–Crippen MR) is 193 cm³/mol. The lowest BCUT2D eigenvalue weighted by Gasteiger charge is -2.18. The highest BCUT2D eigenvalue weighted by molar-refractivity contribution is 7.93. The maximum absolute atomic E-state index is 14.3. The number of aliphatic hydroxyl groups excluding tert-OH is 2. The summed E-state index contributed by atoms with van der Waals surface area (Å²) < 4.78 is 165. The van der Waals surface area contributed by atoms with Crippen LogP contribution >= 0.6 is 0 Å². The summed E-state index contributed by atoms with van der Waals surface area (Å²) in [6.45, 7) is -1.11. The summed E-state index contributed by atoms with van der Waals surface area (Å²) >= 11 is 0. The van der Waals surface area contributed by atoms with Gasteiger partial charge in [0.05, 0.1) is 49.6 Å². The Morgan fingerprint density at radius 1 is 0.625 bits per heavy atom. The molecular formula is C31H22N2O18S5. The van der Waals surface area contributed by atoms with E-state index in [4.69, 9.17) is 0 Å². The van der Waals surface area contributed by atoms with Crippen LogP contribution in [-0.2, 0) is 50.3 Å². The second kappa shape index (κ2) is 13.5. The van der Waals surface area contributed by atoms with Crippen molar-refractivity contribution in [3.05, 3.63) is 109 Å². The second-order valence-electron chi connectivity index (χ2n) is 11.8. The van der Waals surface area contributed by atoms with Gasteiger partial charge >= 0.3 is 0 Å². The van der Waals surface area contributed by atoms with Crippen LogP contribution in [0.25, 0.3) is 27.4 Å². The van der Waals surface area contributed by atoms with E-state index >= 15 is 0 Å². The topological polar surface area (TPSA) is 351 Å². The minimum Gasteiger partial charge on any atom is -0.506 e. The fraction of sp³-hybridized carbons (Fsp3) is 0.0645. The molecule has 0 unspecified atom stereocenters. The fourth-order valence-corrected chi connectivity index (χ4v) is 10.4. The summed E-state index contributed by atoms with van der Waals surface area (Å²) in [5.74, 6) is -2.20. The van der Waals surface area contributed by atoms with Crippen molar-refractivity contribution >= 4 is 89.1 Å². The van der Waals surface area contributed by atoms with E-state index in [0.717, 1.165) is 24.3 Å². The molecule has 0 fully saturated rings. The lowest BCUT2D eigenvalue weighted by Crippen LogP contribution is -2.33. The quantitative estimate of drug-likeness (QED) is 0.0904. The van der Waals surface area contributed by atoms with Gasteiger partial charge in [0, 0.05) is 21.4 Å². The number of hydrogen-bond donors (Lipinski definition) is 7. The van der Waals surface area contributed by atoms with Crippen LogP contribution in [0.5, 0.6) is 0 Å². The van der Waals surface area contributed by atoms with Gasteiger partial charge in [0.25, 0.3) is 46.0 Å². The molecule has 1 aliphatic heterocycles. The summed E-state index contributed by atoms with van der Waals surface area (Å²) in [7, 11) is -26.5. The summed E-state index contributed by atoms with van der Waals surface area (Å²) in [4.78, 5) is 25.5. The van der Waals surface area contributed by atoms with Gasteiger partial charge in [-0.2, -0.15) is 33.7 Å². The van der Waals surface area contributed by atoms with Crippen LogP contribution in [0.15, 0.2) is 101 Å². The lowest BCUT2D eigenvalue weighted by molar-refractivity contribution is 0.319. The molecule has 25 heteroatoms. The molecule has 0 saturated carbocycles. The monoisotopic (exact) mass is 870 g/mol. The Bertz CT molecular complexity index is 3520. The molecule has 6 rings (SSSR count). The van der Waals surface area contributed by atoms with Crippen molar-refractivity contribution < 1.29 is 70.5 Å². The Hall–Kier alpha value is -5.22. The summed E-state index contributed by atoms with van der Waals surface area (Å²) in [6, 6.07) is 9.84. The van der Waals surface area contributed by atoms with Crippen LogP contribution in [0, 0.1) is 10.4 Å². The number of anilines is 2. The molecule has 20 nitrogen and oxygen atoms in total. The van der Waals surface area contributed by atoms with Crippen LogP contribution in [-0.4, -0.2) is 87.9 Å². The number of hydrogen-bond acceptors (Lipinski definition) is 16. The largest absolute Gasteiger partial charge is 0.506 e. The van der Waals surface area contributed by atoms with E-state index < -0.39 is 147 Å². The Labute approximate surface area is 313 Å². The number of benzene rings is 4. The second-order valence-corrected chi connectivity index (χ2v) is 19.5. The smallest absolute Gasteiger partial charge is 0.296 e. The van der Waals surface area contributed by atoms with Crippen molar-refractivity contribution in [1.29, 1.82) is 0 Å². The third kappa shape index (κ3) is 7.04. The average Bonchev–Trinajstić information content (AvgIpc) is 3.08. The first kappa shape index (κ1) is 40.4. The molecule has 56 heavy (non-hydrogen) atoms. The van der Waals surface area contributed by atoms with Crippen molar-refractivity contribution in [2.45, 2.75) is 24.5 Å². The van der Waals surface area contributed by atoms with E-state index in [1.807, 2.05) is 0 Å². The Balaban J connectivity index is 1.91. The number of nitrogens with zero attached hydrogens (tertiary/aromatic N) is 1. The maximum atomic E-state index is 14.3. The van der Waals surface area contributed by atoms with Crippen LogP contribution in [0.4, 0.5) is 11.4 Å². The zero-order valence-electron chi connectivity index (χ0n) is 27.3. The van der Waals surface area contributed by atoms with Crippen LogP contribution in [0.3, 0.4) is 0 Å². The van der Waals surface area contributed by atoms with Crippen molar-refractivity contribution in [3.8, 4) is 0 Å². The average molecular weight is 871 g/mol. The number of fused-ring (bicyclic) bond motifs is 2. The molecule has 0 amide bonds. The summed E-state index contributed by atoms with van der Waals surface area (Å²) in [5, 5.41) is 20.2. The molecule has 0 saturated heterocycles. The van der Waals surface area contributed by atoms with E-state index in [1.165, 1.54) is 24.3 Å². The molecule has 4 aromatic rings. The molecule has 294 valence electrons. The van der Waals surface area contributed by atoms with Crippen LogP contribution in [0.2, 0.25) is 0 Å². The highest BCUT2D eigenvalue weighted by atomic mass is 32.2. The van der Waals surface area contributed by atoms with Crippen LogP contribution in [0.1, 0.15) is 5.56 Å². The van der Waals surface area contributed by atoms with Gasteiger partial charge in [-0.3, -0.25) is 27.8 Å². The Morgan fingerprint density at radius 2 is 1.21 bits per heavy atom. The molecule has 0 bridgehead atoms. The SMILES string of the molecule is O=c1nc2c(S(=O)(=O)O)cc(Nc3cc(S(=O)(=O)CCO)c(S(=O)(=O)O)cc3S(=O)(=O)O)c3c2=c(c1=C(O)c1cccc(S(=O)(=O)O)c1)c1ccccc1c3=O. The molecule has 7 N–H and O–H groups in total. The van der Waals surface area contributed by atoms with Crippen molar-refractivity contribution in [1.82, 2.24) is 4.98 Å². The van der Waals surface area contributed by atoms with Crippen LogP contribution < -0.4 is 21.5 Å². The van der Waals surface area contributed by atoms with Gasteiger partial charge in [0.1, 0.15) is 20.4 Å². The minimum atomic E-state index is -5.62.